The van der Waals surface area contributed by atoms with E-state index >= 15 is 0 Å². The minimum Gasteiger partial charge on any atom is -0.399 e. The second kappa shape index (κ2) is 8.00. The van der Waals surface area contributed by atoms with Crippen molar-refractivity contribution in [2.75, 3.05) is 12.3 Å². The average Bonchev–Trinajstić information content (AvgIpc) is 2.68. The first-order valence-electron chi connectivity index (χ1n) is 8.84. The predicted octanol–water partition coefficient (Wildman–Crippen LogP) is 5.18. The molecule has 0 radical (unpaired) electrons. The first kappa shape index (κ1) is 17.2. The van der Waals surface area contributed by atoms with Crippen LogP contribution in [0.25, 0.3) is 0 Å². The Balaban J connectivity index is 2.03. The van der Waals surface area contributed by atoms with Gasteiger partial charge in [0.15, 0.2) is 0 Å². The fourth-order valence-electron chi connectivity index (χ4n) is 3.43. The maximum absolute atomic E-state index is 6.42. The van der Waals surface area contributed by atoms with Gasteiger partial charge in [-0.2, -0.15) is 0 Å². The molecule has 2 nitrogen and oxygen atoms in total. The van der Waals surface area contributed by atoms with E-state index in [9.17, 15) is 0 Å². The number of benzene rings is 3. The molecule has 0 saturated carbocycles. The Morgan fingerprint density at radius 2 is 1.28 bits per heavy atom. The Morgan fingerprint density at radius 3 is 1.80 bits per heavy atom. The van der Waals surface area contributed by atoms with E-state index in [1.165, 1.54) is 16.7 Å². The van der Waals surface area contributed by atoms with E-state index in [4.69, 9.17) is 10.5 Å². The molecule has 0 saturated heterocycles. The van der Waals surface area contributed by atoms with Gasteiger partial charge in [0.25, 0.3) is 0 Å². The lowest BCUT2D eigenvalue weighted by molar-refractivity contribution is -0.0174. The van der Waals surface area contributed by atoms with Gasteiger partial charge < -0.3 is 10.5 Å². The van der Waals surface area contributed by atoms with Gasteiger partial charge in [-0.1, -0.05) is 78.9 Å². The van der Waals surface area contributed by atoms with E-state index in [2.05, 4.69) is 61.5 Å². The number of anilines is 1. The van der Waals surface area contributed by atoms with E-state index in [-0.39, 0.29) is 0 Å². The van der Waals surface area contributed by atoms with Crippen LogP contribution in [0, 0.1) is 0 Å². The Labute approximate surface area is 150 Å². The molecular formula is C23H25NO. The molecule has 0 aromatic heterocycles. The number of para-hydroxylation sites is 1. The highest BCUT2D eigenvalue weighted by Crippen LogP contribution is 2.38. The van der Waals surface area contributed by atoms with Crippen LogP contribution >= 0.6 is 0 Å². The van der Waals surface area contributed by atoms with Crippen LogP contribution in [-0.4, -0.2) is 6.61 Å². The van der Waals surface area contributed by atoms with E-state index in [1.54, 1.807) is 0 Å². The Kier molecular flexibility index (Phi) is 5.52. The van der Waals surface area contributed by atoms with Gasteiger partial charge in [0.1, 0.15) is 5.60 Å². The third-order valence-electron chi connectivity index (χ3n) is 4.67. The number of nitrogen functional groups attached to an aromatic ring is 1. The van der Waals surface area contributed by atoms with Gasteiger partial charge in [-0.3, -0.25) is 0 Å². The highest BCUT2D eigenvalue weighted by Gasteiger charge is 2.34. The van der Waals surface area contributed by atoms with Crippen LogP contribution in [-0.2, 0) is 16.8 Å². The van der Waals surface area contributed by atoms with Gasteiger partial charge in [0.2, 0.25) is 0 Å². The first-order chi connectivity index (χ1) is 12.3. The van der Waals surface area contributed by atoms with Crippen molar-refractivity contribution in [2.24, 2.45) is 0 Å². The lowest BCUT2D eigenvalue weighted by atomic mass is 9.81. The van der Waals surface area contributed by atoms with Crippen LogP contribution in [0.2, 0.25) is 0 Å². The quantitative estimate of drug-likeness (QED) is 0.605. The molecule has 0 aliphatic rings. The van der Waals surface area contributed by atoms with Crippen molar-refractivity contribution < 1.29 is 4.74 Å². The second-order valence-electron chi connectivity index (χ2n) is 6.19. The van der Waals surface area contributed by atoms with Crippen molar-refractivity contribution in [2.45, 2.75) is 25.4 Å². The van der Waals surface area contributed by atoms with Crippen molar-refractivity contribution in [1.82, 2.24) is 0 Å². The number of hydrogen-bond acceptors (Lipinski definition) is 2. The molecule has 0 spiro atoms. The molecular weight excluding hydrogens is 306 g/mol. The van der Waals surface area contributed by atoms with E-state index < -0.39 is 5.60 Å². The van der Waals surface area contributed by atoms with Gasteiger partial charge in [-0.05, 0) is 42.5 Å². The molecule has 0 amide bonds. The number of aryl methyl sites for hydroxylation is 1. The minimum atomic E-state index is -0.473. The monoisotopic (exact) mass is 331 g/mol. The molecule has 0 bridgehead atoms. The zero-order chi connectivity index (χ0) is 17.5. The third kappa shape index (κ3) is 3.75. The Morgan fingerprint density at radius 1 is 0.760 bits per heavy atom. The van der Waals surface area contributed by atoms with Gasteiger partial charge in [0, 0.05) is 12.3 Å². The normalized spacial score (nSPS) is 11.4. The molecule has 0 heterocycles. The second-order valence-corrected chi connectivity index (χ2v) is 6.19. The zero-order valence-corrected chi connectivity index (χ0v) is 14.7. The Bertz CT molecular complexity index is 744. The number of hydrogen-bond donors (Lipinski definition) is 1. The maximum Gasteiger partial charge on any atom is 0.118 e. The molecule has 0 fully saturated rings. The lowest BCUT2D eigenvalue weighted by Gasteiger charge is -2.35. The van der Waals surface area contributed by atoms with Crippen LogP contribution in [0.1, 0.15) is 30.0 Å². The summed E-state index contributed by atoms with van der Waals surface area (Å²) in [4.78, 5) is 0. The number of nitrogens with two attached hydrogens (primary N) is 1. The summed E-state index contributed by atoms with van der Waals surface area (Å²) in [5.41, 5.74) is 10.1. The SMILES string of the molecule is CCOC(CCc1ccccc1N)(c1ccccc1)c1ccccc1. The summed E-state index contributed by atoms with van der Waals surface area (Å²) in [5, 5.41) is 0. The fourth-order valence-corrected chi connectivity index (χ4v) is 3.43. The van der Waals surface area contributed by atoms with E-state index in [0.717, 1.165) is 18.5 Å². The van der Waals surface area contributed by atoms with E-state index in [0.29, 0.717) is 6.61 Å². The smallest absolute Gasteiger partial charge is 0.118 e. The highest BCUT2D eigenvalue weighted by molar-refractivity contribution is 5.47. The van der Waals surface area contributed by atoms with Crippen LogP contribution in [0.5, 0.6) is 0 Å². The third-order valence-corrected chi connectivity index (χ3v) is 4.67. The standard InChI is InChI=1S/C23H25NO/c1-2-25-23(20-12-5-3-6-13-20,21-14-7-4-8-15-21)18-17-19-11-9-10-16-22(19)24/h3-16H,2,17-18,24H2,1H3. The molecule has 0 aliphatic heterocycles. The van der Waals surface area contributed by atoms with Gasteiger partial charge in [-0.15, -0.1) is 0 Å². The molecule has 2 N–H and O–H groups in total. The van der Waals surface area contributed by atoms with Crippen molar-refractivity contribution in [1.29, 1.82) is 0 Å². The summed E-state index contributed by atoms with van der Waals surface area (Å²) in [5.74, 6) is 0. The summed E-state index contributed by atoms with van der Waals surface area (Å²) < 4.78 is 6.42. The molecule has 128 valence electrons. The molecule has 25 heavy (non-hydrogen) atoms. The largest absolute Gasteiger partial charge is 0.399 e. The summed E-state index contributed by atoms with van der Waals surface area (Å²) in [6, 6.07) is 29.0. The zero-order valence-electron chi connectivity index (χ0n) is 14.7. The van der Waals surface area contributed by atoms with Crippen molar-refractivity contribution in [3.8, 4) is 0 Å². The van der Waals surface area contributed by atoms with Crippen molar-refractivity contribution >= 4 is 5.69 Å². The summed E-state index contributed by atoms with van der Waals surface area (Å²) in [6.45, 7) is 2.70. The van der Waals surface area contributed by atoms with Crippen LogP contribution in [0.4, 0.5) is 5.69 Å². The molecule has 0 atom stereocenters. The molecule has 3 aromatic rings. The molecule has 2 heteroatoms. The number of ether oxygens (including phenoxy) is 1. The van der Waals surface area contributed by atoms with E-state index in [1.807, 2.05) is 30.3 Å². The molecule has 3 aromatic carbocycles. The summed E-state index contributed by atoms with van der Waals surface area (Å²) in [6.07, 6.45) is 1.69. The van der Waals surface area contributed by atoms with Gasteiger partial charge in [0.05, 0.1) is 0 Å². The van der Waals surface area contributed by atoms with Crippen molar-refractivity contribution in [3.63, 3.8) is 0 Å². The minimum absolute atomic E-state index is 0.473. The first-order valence-corrected chi connectivity index (χ1v) is 8.84. The highest BCUT2D eigenvalue weighted by atomic mass is 16.5. The maximum atomic E-state index is 6.42. The van der Waals surface area contributed by atoms with Crippen LogP contribution in [0.3, 0.4) is 0 Å². The Hall–Kier alpha value is -2.58. The van der Waals surface area contributed by atoms with Gasteiger partial charge >= 0.3 is 0 Å². The molecule has 3 rings (SSSR count). The van der Waals surface area contributed by atoms with Crippen LogP contribution < -0.4 is 5.73 Å². The fraction of sp³-hybridized carbons (Fsp3) is 0.217. The predicted molar refractivity (Wildman–Crippen MR) is 104 cm³/mol. The van der Waals surface area contributed by atoms with Crippen LogP contribution in [0.15, 0.2) is 84.9 Å². The van der Waals surface area contributed by atoms with Gasteiger partial charge in [-0.25, -0.2) is 0 Å². The summed E-state index contributed by atoms with van der Waals surface area (Å²) >= 11 is 0. The lowest BCUT2D eigenvalue weighted by Crippen LogP contribution is -2.32. The topological polar surface area (TPSA) is 35.2 Å². The number of rotatable bonds is 7. The average molecular weight is 331 g/mol. The molecule has 0 aliphatic carbocycles. The molecule has 0 unspecified atom stereocenters. The van der Waals surface area contributed by atoms with Crippen molar-refractivity contribution in [3.05, 3.63) is 102 Å². The summed E-state index contributed by atoms with van der Waals surface area (Å²) in [7, 11) is 0.